The summed E-state index contributed by atoms with van der Waals surface area (Å²) in [4.78, 5) is 14.6. The van der Waals surface area contributed by atoms with Crippen LogP contribution < -0.4 is 5.73 Å². The molecule has 2 N–H and O–H groups in total. The highest BCUT2D eigenvalue weighted by Gasteiger charge is 2.38. The lowest BCUT2D eigenvalue weighted by molar-refractivity contribution is 0.0780. The number of fused-ring (bicyclic) bond motifs is 1. The van der Waals surface area contributed by atoms with Crippen LogP contribution in [0.5, 0.6) is 0 Å². The summed E-state index contributed by atoms with van der Waals surface area (Å²) < 4.78 is 0. The van der Waals surface area contributed by atoms with Crippen LogP contribution >= 0.6 is 0 Å². The van der Waals surface area contributed by atoms with Gasteiger partial charge in [-0.1, -0.05) is 18.6 Å². The number of hydrogen-bond donors (Lipinski definition) is 1. The molecule has 1 saturated heterocycles. The molecule has 102 valence electrons. The first-order valence-corrected chi connectivity index (χ1v) is 7.36. The van der Waals surface area contributed by atoms with Crippen LogP contribution in [0.1, 0.15) is 35.2 Å². The molecule has 2 fully saturated rings. The normalized spacial score (nSPS) is 25.6. The van der Waals surface area contributed by atoms with Gasteiger partial charge in [-0.2, -0.15) is 0 Å². The number of nitrogens with two attached hydrogens (primary N) is 1. The highest BCUT2D eigenvalue weighted by Crippen LogP contribution is 2.38. The van der Waals surface area contributed by atoms with Crippen LogP contribution in [0.15, 0.2) is 24.3 Å². The molecule has 0 radical (unpaired) electrons. The van der Waals surface area contributed by atoms with Crippen molar-refractivity contribution in [2.24, 2.45) is 17.6 Å². The zero-order valence-corrected chi connectivity index (χ0v) is 11.3. The van der Waals surface area contributed by atoms with Gasteiger partial charge in [-0.05, 0) is 55.3 Å². The van der Waals surface area contributed by atoms with Crippen LogP contribution in [0.4, 0.5) is 0 Å². The van der Waals surface area contributed by atoms with Crippen molar-refractivity contribution in [2.75, 3.05) is 19.6 Å². The molecule has 2 atom stereocenters. The Hall–Kier alpha value is -1.35. The average molecular weight is 258 g/mol. The first-order chi connectivity index (χ1) is 9.28. The predicted molar refractivity (Wildman–Crippen MR) is 75.9 cm³/mol. The SMILES string of the molecule is NCCc1cccc(C(=O)N2CC3CCCC3C2)c1. The lowest BCUT2D eigenvalue weighted by Crippen LogP contribution is -2.29. The Bertz CT molecular complexity index is 460. The number of nitrogens with zero attached hydrogens (tertiary/aromatic N) is 1. The van der Waals surface area contributed by atoms with Gasteiger partial charge in [0.2, 0.25) is 0 Å². The number of hydrogen-bond acceptors (Lipinski definition) is 2. The first-order valence-electron chi connectivity index (χ1n) is 7.36. The van der Waals surface area contributed by atoms with Crippen molar-refractivity contribution in [3.05, 3.63) is 35.4 Å². The summed E-state index contributed by atoms with van der Waals surface area (Å²) >= 11 is 0. The van der Waals surface area contributed by atoms with Gasteiger partial charge in [0.1, 0.15) is 0 Å². The van der Waals surface area contributed by atoms with E-state index < -0.39 is 0 Å². The van der Waals surface area contributed by atoms with Crippen LogP contribution in [0.2, 0.25) is 0 Å². The Kier molecular flexibility index (Phi) is 3.56. The van der Waals surface area contributed by atoms with Crippen LogP contribution in [0.25, 0.3) is 0 Å². The topological polar surface area (TPSA) is 46.3 Å². The minimum absolute atomic E-state index is 0.202. The second kappa shape index (κ2) is 5.33. The molecule has 1 aliphatic carbocycles. The maximum Gasteiger partial charge on any atom is 0.253 e. The lowest BCUT2D eigenvalue weighted by Gasteiger charge is -2.17. The summed E-state index contributed by atoms with van der Waals surface area (Å²) in [5.74, 6) is 1.72. The Morgan fingerprint density at radius 2 is 2.00 bits per heavy atom. The predicted octanol–water partition coefficient (Wildman–Crippen LogP) is 2.06. The average Bonchev–Trinajstić information content (AvgIpc) is 2.99. The fourth-order valence-electron chi connectivity index (χ4n) is 3.61. The molecule has 0 spiro atoms. The Morgan fingerprint density at radius 1 is 1.26 bits per heavy atom. The van der Waals surface area contributed by atoms with Crippen molar-refractivity contribution in [1.29, 1.82) is 0 Å². The van der Waals surface area contributed by atoms with Gasteiger partial charge in [-0.3, -0.25) is 4.79 Å². The molecule has 2 unspecified atom stereocenters. The number of rotatable bonds is 3. The Labute approximate surface area is 114 Å². The molecule has 3 rings (SSSR count). The number of carbonyl (C=O) groups is 1. The highest BCUT2D eigenvalue weighted by molar-refractivity contribution is 5.94. The lowest BCUT2D eigenvalue weighted by atomic mass is 10.0. The zero-order valence-electron chi connectivity index (χ0n) is 11.3. The number of benzene rings is 1. The number of carbonyl (C=O) groups excluding carboxylic acids is 1. The van der Waals surface area contributed by atoms with Gasteiger partial charge in [0.25, 0.3) is 5.91 Å². The third-order valence-corrected chi connectivity index (χ3v) is 4.62. The first kappa shape index (κ1) is 12.7. The molecule has 3 nitrogen and oxygen atoms in total. The zero-order chi connectivity index (χ0) is 13.2. The smallest absolute Gasteiger partial charge is 0.253 e. The summed E-state index contributed by atoms with van der Waals surface area (Å²) in [6.07, 6.45) is 4.80. The fourth-order valence-corrected chi connectivity index (χ4v) is 3.61. The van der Waals surface area contributed by atoms with Crippen molar-refractivity contribution < 1.29 is 4.79 Å². The molecule has 1 saturated carbocycles. The summed E-state index contributed by atoms with van der Waals surface area (Å²) in [6.45, 7) is 2.56. The molecule has 19 heavy (non-hydrogen) atoms. The van der Waals surface area contributed by atoms with E-state index in [1.807, 2.05) is 24.3 Å². The van der Waals surface area contributed by atoms with E-state index in [0.717, 1.165) is 42.5 Å². The molecule has 1 heterocycles. The van der Waals surface area contributed by atoms with Gasteiger partial charge < -0.3 is 10.6 Å². The standard InChI is InChI=1S/C16H22N2O/c17-8-7-12-3-1-4-13(9-12)16(19)18-10-14-5-2-6-15(14)11-18/h1,3-4,9,14-15H,2,5-8,10-11,17H2. The van der Waals surface area contributed by atoms with Crippen LogP contribution in [-0.2, 0) is 6.42 Å². The van der Waals surface area contributed by atoms with E-state index >= 15 is 0 Å². The van der Waals surface area contributed by atoms with Crippen LogP contribution in [0.3, 0.4) is 0 Å². The third kappa shape index (κ3) is 2.52. The molecule has 1 aromatic rings. The molecular weight excluding hydrogens is 236 g/mol. The number of amides is 1. The molecular formula is C16H22N2O. The number of likely N-dealkylation sites (tertiary alicyclic amines) is 1. The minimum atomic E-state index is 0.202. The molecule has 2 aliphatic rings. The highest BCUT2D eigenvalue weighted by atomic mass is 16.2. The van der Waals surface area contributed by atoms with Crippen LogP contribution in [-0.4, -0.2) is 30.4 Å². The van der Waals surface area contributed by atoms with Gasteiger partial charge >= 0.3 is 0 Å². The summed E-state index contributed by atoms with van der Waals surface area (Å²) in [6, 6.07) is 7.94. The van der Waals surface area contributed by atoms with E-state index in [-0.39, 0.29) is 5.91 Å². The third-order valence-electron chi connectivity index (χ3n) is 4.62. The molecule has 0 aromatic heterocycles. The summed E-state index contributed by atoms with van der Waals surface area (Å²) in [7, 11) is 0. The van der Waals surface area contributed by atoms with Gasteiger partial charge in [0.15, 0.2) is 0 Å². The van der Waals surface area contributed by atoms with E-state index in [1.54, 1.807) is 0 Å². The van der Waals surface area contributed by atoms with E-state index in [9.17, 15) is 4.79 Å². The summed E-state index contributed by atoms with van der Waals surface area (Å²) in [5.41, 5.74) is 7.56. The quantitative estimate of drug-likeness (QED) is 0.902. The molecule has 1 amide bonds. The minimum Gasteiger partial charge on any atom is -0.338 e. The molecule has 0 bridgehead atoms. The van der Waals surface area contributed by atoms with E-state index in [4.69, 9.17) is 5.73 Å². The summed E-state index contributed by atoms with van der Waals surface area (Å²) in [5, 5.41) is 0. The van der Waals surface area contributed by atoms with Crippen LogP contribution in [0, 0.1) is 11.8 Å². The van der Waals surface area contributed by atoms with Crippen molar-refractivity contribution in [3.63, 3.8) is 0 Å². The molecule has 3 heteroatoms. The maximum absolute atomic E-state index is 12.5. The monoisotopic (exact) mass is 258 g/mol. The van der Waals surface area contributed by atoms with E-state index in [0.29, 0.717) is 6.54 Å². The second-order valence-corrected chi connectivity index (χ2v) is 5.90. The van der Waals surface area contributed by atoms with Gasteiger partial charge in [0.05, 0.1) is 0 Å². The second-order valence-electron chi connectivity index (χ2n) is 5.90. The largest absolute Gasteiger partial charge is 0.338 e. The van der Waals surface area contributed by atoms with Gasteiger partial charge in [0, 0.05) is 18.7 Å². The molecule has 1 aliphatic heterocycles. The van der Waals surface area contributed by atoms with Crippen molar-refractivity contribution in [1.82, 2.24) is 4.90 Å². The van der Waals surface area contributed by atoms with Gasteiger partial charge in [-0.15, -0.1) is 0 Å². The van der Waals surface area contributed by atoms with E-state index in [2.05, 4.69) is 4.90 Å². The Morgan fingerprint density at radius 3 is 2.68 bits per heavy atom. The van der Waals surface area contributed by atoms with Crippen molar-refractivity contribution in [2.45, 2.75) is 25.7 Å². The Balaban J connectivity index is 1.72. The maximum atomic E-state index is 12.5. The van der Waals surface area contributed by atoms with Crippen molar-refractivity contribution >= 4 is 5.91 Å². The fraction of sp³-hybridized carbons (Fsp3) is 0.562. The van der Waals surface area contributed by atoms with E-state index in [1.165, 1.54) is 19.3 Å². The van der Waals surface area contributed by atoms with Crippen molar-refractivity contribution in [3.8, 4) is 0 Å². The molecule has 1 aromatic carbocycles. The van der Waals surface area contributed by atoms with Gasteiger partial charge in [-0.25, -0.2) is 0 Å².